The Hall–Kier alpha value is -0.120. The smallest absolute Gasteiger partial charge is 0.0597 e. The minimum absolute atomic E-state index is 0.236. The van der Waals surface area contributed by atoms with Gasteiger partial charge in [0.1, 0.15) is 0 Å². The number of hydrogen-bond donors (Lipinski definition) is 3. The Balaban J connectivity index is 2.18. The molecule has 1 aliphatic heterocycles. The molecule has 1 heterocycles. The molecular weight excluding hydrogens is 116 g/mol. The highest BCUT2D eigenvalue weighted by Gasteiger charge is 2.14. The van der Waals surface area contributed by atoms with Gasteiger partial charge in [0.2, 0.25) is 0 Å². The Bertz CT molecular complexity index is 79.1. The summed E-state index contributed by atoms with van der Waals surface area (Å²) >= 11 is 0. The maximum Gasteiger partial charge on any atom is 0.0597 e. The first-order valence-corrected chi connectivity index (χ1v) is 3.40. The number of aliphatic hydroxyl groups is 1. The first-order chi connectivity index (χ1) is 4.33. The second-order valence-electron chi connectivity index (χ2n) is 2.60. The van der Waals surface area contributed by atoms with Crippen LogP contribution >= 0.6 is 0 Å². The fourth-order valence-electron chi connectivity index (χ4n) is 0.960. The molecule has 2 atom stereocenters. The minimum Gasteiger partial charge on any atom is -0.395 e. The van der Waals surface area contributed by atoms with Gasteiger partial charge in [-0.2, -0.15) is 0 Å². The Kier molecular flexibility index (Phi) is 2.45. The molecule has 0 saturated carbocycles. The third-order valence-corrected chi connectivity index (χ3v) is 1.65. The maximum absolute atomic E-state index is 8.67. The summed E-state index contributed by atoms with van der Waals surface area (Å²) in [5, 5.41) is 15.1. The van der Waals surface area contributed by atoms with Crippen LogP contribution in [0.2, 0.25) is 0 Å². The van der Waals surface area contributed by atoms with Gasteiger partial charge in [-0.15, -0.1) is 0 Å². The number of nitrogens with one attached hydrogen (secondary N) is 2. The van der Waals surface area contributed by atoms with E-state index in [1.165, 1.54) is 0 Å². The largest absolute Gasteiger partial charge is 0.395 e. The molecule has 0 bridgehead atoms. The fourth-order valence-corrected chi connectivity index (χ4v) is 0.960. The zero-order chi connectivity index (χ0) is 6.69. The van der Waals surface area contributed by atoms with Crippen molar-refractivity contribution in [2.45, 2.75) is 19.0 Å². The van der Waals surface area contributed by atoms with E-state index in [-0.39, 0.29) is 12.6 Å². The van der Waals surface area contributed by atoms with Crippen molar-refractivity contribution in [2.24, 2.45) is 0 Å². The molecule has 1 aliphatic rings. The van der Waals surface area contributed by atoms with Crippen LogP contribution in [-0.2, 0) is 0 Å². The van der Waals surface area contributed by atoms with Crippen LogP contribution in [0, 0.1) is 0 Å². The lowest BCUT2D eigenvalue weighted by Crippen LogP contribution is -2.54. The van der Waals surface area contributed by atoms with Gasteiger partial charge in [-0.05, 0) is 6.92 Å². The zero-order valence-corrected chi connectivity index (χ0v) is 5.72. The molecule has 1 rings (SSSR count). The van der Waals surface area contributed by atoms with E-state index in [0.29, 0.717) is 6.04 Å². The molecule has 0 aromatic heterocycles. The van der Waals surface area contributed by atoms with Gasteiger partial charge in [-0.1, -0.05) is 0 Å². The van der Waals surface area contributed by atoms with E-state index in [1.54, 1.807) is 0 Å². The van der Waals surface area contributed by atoms with Crippen LogP contribution in [0.5, 0.6) is 0 Å². The molecule has 0 aromatic rings. The van der Waals surface area contributed by atoms with E-state index < -0.39 is 0 Å². The van der Waals surface area contributed by atoms with Crippen molar-refractivity contribution in [2.75, 3.05) is 19.7 Å². The van der Waals surface area contributed by atoms with E-state index in [4.69, 9.17) is 5.11 Å². The third-order valence-electron chi connectivity index (χ3n) is 1.65. The van der Waals surface area contributed by atoms with Gasteiger partial charge in [0.25, 0.3) is 0 Å². The fraction of sp³-hybridized carbons (Fsp3) is 1.00. The molecule has 3 nitrogen and oxygen atoms in total. The van der Waals surface area contributed by atoms with Gasteiger partial charge < -0.3 is 15.7 Å². The monoisotopic (exact) mass is 130 g/mol. The third kappa shape index (κ3) is 1.93. The highest BCUT2D eigenvalue weighted by molar-refractivity contribution is 4.79. The van der Waals surface area contributed by atoms with Crippen molar-refractivity contribution < 1.29 is 5.11 Å². The van der Waals surface area contributed by atoms with Crippen LogP contribution in [-0.4, -0.2) is 36.9 Å². The highest BCUT2D eigenvalue weighted by atomic mass is 16.3. The minimum atomic E-state index is 0.236. The Labute approximate surface area is 55.5 Å². The molecule has 3 heteroatoms. The van der Waals surface area contributed by atoms with Crippen molar-refractivity contribution in [1.29, 1.82) is 0 Å². The summed E-state index contributed by atoms with van der Waals surface area (Å²) in [6.07, 6.45) is 0. The summed E-state index contributed by atoms with van der Waals surface area (Å²) in [6, 6.07) is 0.814. The zero-order valence-electron chi connectivity index (χ0n) is 5.72. The van der Waals surface area contributed by atoms with Crippen LogP contribution in [0.3, 0.4) is 0 Å². The molecule has 0 unspecified atom stereocenters. The molecule has 0 radical (unpaired) electrons. The van der Waals surface area contributed by atoms with Gasteiger partial charge in [-0.25, -0.2) is 0 Å². The molecule has 0 aliphatic carbocycles. The van der Waals surface area contributed by atoms with Crippen LogP contribution in [0.25, 0.3) is 0 Å². The molecule has 0 amide bonds. The van der Waals surface area contributed by atoms with E-state index in [0.717, 1.165) is 13.1 Å². The van der Waals surface area contributed by atoms with Gasteiger partial charge >= 0.3 is 0 Å². The van der Waals surface area contributed by atoms with Crippen molar-refractivity contribution in [3.63, 3.8) is 0 Å². The summed E-state index contributed by atoms with van der Waals surface area (Å²) in [5.74, 6) is 0. The average Bonchev–Trinajstić information content (AvgIpc) is 1.90. The highest BCUT2D eigenvalue weighted by Crippen LogP contribution is 1.90. The quantitative estimate of drug-likeness (QED) is 0.423. The van der Waals surface area contributed by atoms with Crippen molar-refractivity contribution in [3.8, 4) is 0 Å². The lowest BCUT2D eigenvalue weighted by Gasteiger charge is -2.27. The first-order valence-electron chi connectivity index (χ1n) is 3.40. The van der Waals surface area contributed by atoms with Crippen LogP contribution < -0.4 is 10.6 Å². The average molecular weight is 130 g/mol. The summed E-state index contributed by atoms with van der Waals surface area (Å²) in [4.78, 5) is 0. The van der Waals surface area contributed by atoms with Gasteiger partial charge in [0.15, 0.2) is 0 Å². The number of aliphatic hydroxyl groups excluding tert-OH is 1. The molecular formula is C6H14N2O. The SMILES string of the molecule is C[C@H]1CN[C@H](CO)CN1. The molecule has 0 aromatic carbocycles. The lowest BCUT2D eigenvalue weighted by atomic mass is 10.2. The second-order valence-corrected chi connectivity index (χ2v) is 2.60. The Morgan fingerprint density at radius 1 is 1.44 bits per heavy atom. The van der Waals surface area contributed by atoms with Crippen molar-refractivity contribution >= 4 is 0 Å². The Morgan fingerprint density at radius 3 is 2.67 bits per heavy atom. The second kappa shape index (κ2) is 3.15. The van der Waals surface area contributed by atoms with Crippen molar-refractivity contribution in [3.05, 3.63) is 0 Å². The lowest BCUT2D eigenvalue weighted by molar-refractivity contribution is 0.216. The molecule has 9 heavy (non-hydrogen) atoms. The molecule has 54 valence electrons. The van der Waals surface area contributed by atoms with E-state index >= 15 is 0 Å². The topological polar surface area (TPSA) is 44.3 Å². The number of piperazine rings is 1. The Morgan fingerprint density at radius 2 is 2.22 bits per heavy atom. The normalized spacial score (nSPS) is 36.7. The molecule has 1 fully saturated rings. The van der Waals surface area contributed by atoms with Crippen LogP contribution in [0.15, 0.2) is 0 Å². The molecule has 0 spiro atoms. The summed E-state index contributed by atoms with van der Waals surface area (Å²) in [6.45, 7) is 4.21. The van der Waals surface area contributed by atoms with Crippen LogP contribution in [0.1, 0.15) is 6.92 Å². The first kappa shape index (κ1) is 6.99. The summed E-state index contributed by atoms with van der Waals surface area (Å²) in [5.41, 5.74) is 0. The maximum atomic E-state index is 8.67. The van der Waals surface area contributed by atoms with E-state index in [1.807, 2.05) is 0 Å². The standard InChI is InChI=1S/C6H14N2O/c1-5-2-8-6(4-9)3-7-5/h5-9H,2-4H2,1H3/t5-,6-/m0/s1. The van der Waals surface area contributed by atoms with E-state index in [9.17, 15) is 0 Å². The van der Waals surface area contributed by atoms with Gasteiger partial charge in [0.05, 0.1) is 6.61 Å². The molecule has 1 saturated heterocycles. The number of hydrogen-bond acceptors (Lipinski definition) is 3. The predicted octanol–water partition coefficient (Wildman–Crippen LogP) is -1.07. The van der Waals surface area contributed by atoms with E-state index in [2.05, 4.69) is 17.6 Å². The van der Waals surface area contributed by atoms with Crippen LogP contribution in [0.4, 0.5) is 0 Å². The van der Waals surface area contributed by atoms with Gasteiger partial charge in [0, 0.05) is 25.2 Å². The van der Waals surface area contributed by atoms with Gasteiger partial charge in [-0.3, -0.25) is 0 Å². The molecule has 3 N–H and O–H groups in total. The predicted molar refractivity (Wildman–Crippen MR) is 36.3 cm³/mol. The summed E-state index contributed by atoms with van der Waals surface area (Å²) in [7, 11) is 0. The van der Waals surface area contributed by atoms with Crippen molar-refractivity contribution in [1.82, 2.24) is 10.6 Å². The number of rotatable bonds is 1. The summed E-state index contributed by atoms with van der Waals surface area (Å²) < 4.78 is 0.